The molecule has 2 rings (SSSR count). The van der Waals surface area contributed by atoms with E-state index in [9.17, 15) is 5.11 Å². The monoisotopic (exact) mass is 204 g/mol. The highest BCUT2D eigenvalue weighted by Crippen LogP contribution is 2.37. The van der Waals surface area contributed by atoms with E-state index in [1.54, 1.807) is 0 Å². The van der Waals surface area contributed by atoms with Crippen molar-refractivity contribution in [2.24, 2.45) is 0 Å². The number of rotatable bonds is 1. The highest BCUT2D eigenvalue weighted by Gasteiger charge is 2.31. The molecule has 0 amide bonds. The lowest BCUT2D eigenvalue weighted by molar-refractivity contribution is -0.000721. The van der Waals surface area contributed by atoms with Gasteiger partial charge in [-0.2, -0.15) is 0 Å². The van der Waals surface area contributed by atoms with Crippen molar-refractivity contribution in [1.29, 1.82) is 0 Å². The van der Waals surface area contributed by atoms with Crippen LogP contribution in [-0.4, -0.2) is 5.11 Å². The third-order valence-corrected chi connectivity index (χ3v) is 3.44. The van der Waals surface area contributed by atoms with Crippen molar-refractivity contribution >= 4 is 0 Å². The maximum absolute atomic E-state index is 10.6. The first kappa shape index (κ1) is 10.7. The van der Waals surface area contributed by atoms with E-state index < -0.39 is 5.60 Å². The number of hydrogen-bond donors (Lipinski definition) is 1. The third-order valence-electron chi connectivity index (χ3n) is 3.44. The molecule has 1 nitrogen and oxygen atoms in total. The van der Waals surface area contributed by atoms with Crippen LogP contribution in [0.1, 0.15) is 48.8 Å². The summed E-state index contributed by atoms with van der Waals surface area (Å²) in [6.45, 7) is 4.20. The topological polar surface area (TPSA) is 20.2 Å². The molecule has 0 saturated heterocycles. The molecule has 0 bridgehead atoms. The summed E-state index contributed by atoms with van der Waals surface area (Å²) in [6, 6.07) is 6.44. The van der Waals surface area contributed by atoms with Gasteiger partial charge in [0.15, 0.2) is 0 Å². The smallest absolute Gasteiger partial charge is 0.0896 e. The fourth-order valence-corrected chi connectivity index (χ4v) is 2.67. The van der Waals surface area contributed by atoms with E-state index in [2.05, 4.69) is 32.0 Å². The normalized spacial score (nSPS) is 20.2. The van der Waals surface area contributed by atoms with E-state index in [1.165, 1.54) is 17.5 Å². The van der Waals surface area contributed by atoms with Gasteiger partial charge in [-0.05, 0) is 32.3 Å². The highest BCUT2D eigenvalue weighted by atomic mass is 16.3. The Kier molecular flexibility index (Phi) is 2.83. The van der Waals surface area contributed by atoms with E-state index in [0.29, 0.717) is 0 Å². The molecule has 1 aromatic carbocycles. The van der Waals surface area contributed by atoms with Gasteiger partial charge in [-0.15, -0.1) is 0 Å². The first-order chi connectivity index (χ1) is 7.10. The molecule has 0 aromatic heterocycles. The largest absolute Gasteiger partial charge is 0.385 e. The minimum absolute atomic E-state index is 0.547. The Hall–Kier alpha value is -0.820. The fraction of sp³-hybridized carbons (Fsp3) is 0.571. The summed E-state index contributed by atoms with van der Waals surface area (Å²) in [5.41, 5.74) is 3.09. The molecular formula is C14H20O. The molecule has 0 radical (unpaired) electrons. The van der Waals surface area contributed by atoms with Gasteiger partial charge in [-0.1, -0.05) is 48.6 Å². The minimum Gasteiger partial charge on any atom is -0.385 e. The molecule has 15 heavy (non-hydrogen) atoms. The van der Waals surface area contributed by atoms with E-state index in [4.69, 9.17) is 0 Å². The van der Waals surface area contributed by atoms with Gasteiger partial charge in [-0.3, -0.25) is 0 Å². The van der Waals surface area contributed by atoms with E-state index in [-0.39, 0.29) is 0 Å². The molecule has 1 aliphatic carbocycles. The van der Waals surface area contributed by atoms with Crippen LogP contribution in [-0.2, 0) is 5.60 Å². The van der Waals surface area contributed by atoms with Crippen LogP contribution >= 0.6 is 0 Å². The summed E-state index contributed by atoms with van der Waals surface area (Å²) in [4.78, 5) is 0. The van der Waals surface area contributed by atoms with Gasteiger partial charge in [0.1, 0.15) is 0 Å². The standard InChI is InChI=1S/C14H20O/c1-11-8-12(2)10-13(9-11)14(15)6-4-3-5-7-14/h8-10,15H,3-7H2,1-2H3. The van der Waals surface area contributed by atoms with E-state index in [0.717, 1.165) is 31.2 Å². The quantitative estimate of drug-likeness (QED) is 0.742. The molecule has 1 aromatic rings. The van der Waals surface area contributed by atoms with Crippen LogP contribution < -0.4 is 0 Å². The molecular weight excluding hydrogens is 184 g/mol. The number of aliphatic hydroxyl groups is 1. The molecule has 0 heterocycles. The van der Waals surface area contributed by atoms with Crippen molar-refractivity contribution in [2.75, 3.05) is 0 Å². The first-order valence-electron chi connectivity index (χ1n) is 5.91. The van der Waals surface area contributed by atoms with E-state index in [1.807, 2.05) is 0 Å². The highest BCUT2D eigenvalue weighted by molar-refractivity contribution is 5.32. The maximum atomic E-state index is 10.6. The predicted molar refractivity (Wildman–Crippen MR) is 62.9 cm³/mol. The van der Waals surface area contributed by atoms with Crippen LogP contribution in [0.15, 0.2) is 18.2 Å². The lowest BCUT2D eigenvalue weighted by atomic mass is 9.79. The summed E-state index contributed by atoms with van der Waals surface area (Å²) in [6.07, 6.45) is 5.44. The fourth-order valence-electron chi connectivity index (χ4n) is 2.67. The molecule has 0 atom stereocenters. The first-order valence-corrected chi connectivity index (χ1v) is 5.91. The molecule has 0 unspecified atom stereocenters. The summed E-state index contributed by atoms with van der Waals surface area (Å²) < 4.78 is 0. The van der Waals surface area contributed by atoms with Gasteiger partial charge in [0.25, 0.3) is 0 Å². The summed E-state index contributed by atoms with van der Waals surface area (Å²) in [5.74, 6) is 0. The van der Waals surface area contributed by atoms with Gasteiger partial charge in [-0.25, -0.2) is 0 Å². The number of benzene rings is 1. The molecule has 0 spiro atoms. The molecule has 1 heteroatoms. The average Bonchev–Trinajstić information content (AvgIpc) is 2.17. The van der Waals surface area contributed by atoms with Crippen molar-refractivity contribution in [3.05, 3.63) is 34.9 Å². The second kappa shape index (κ2) is 3.97. The maximum Gasteiger partial charge on any atom is 0.0896 e. The van der Waals surface area contributed by atoms with Crippen LogP contribution in [0.25, 0.3) is 0 Å². The van der Waals surface area contributed by atoms with Crippen molar-refractivity contribution in [3.63, 3.8) is 0 Å². The van der Waals surface area contributed by atoms with Gasteiger partial charge in [0, 0.05) is 0 Å². The molecule has 82 valence electrons. The predicted octanol–water partition coefficient (Wildman–Crippen LogP) is 3.46. The van der Waals surface area contributed by atoms with Gasteiger partial charge in [0.2, 0.25) is 0 Å². The van der Waals surface area contributed by atoms with Crippen LogP contribution in [0.5, 0.6) is 0 Å². The zero-order valence-corrected chi connectivity index (χ0v) is 9.71. The molecule has 1 saturated carbocycles. The van der Waals surface area contributed by atoms with Gasteiger partial charge < -0.3 is 5.11 Å². The summed E-state index contributed by atoms with van der Waals surface area (Å²) in [7, 11) is 0. The minimum atomic E-state index is -0.547. The van der Waals surface area contributed by atoms with Gasteiger partial charge in [0.05, 0.1) is 5.60 Å². The molecule has 1 fully saturated rings. The third kappa shape index (κ3) is 2.23. The van der Waals surface area contributed by atoms with Crippen LogP contribution in [0.3, 0.4) is 0 Å². The number of aryl methyl sites for hydroxylation is 2. The number of hydrogen-bond acceptors (Lipinski definition) is 1. The molecule has 1 aliphatic rings. The Morgan fingerprint density at radius 2 is 1.47 bits per heavy atom. The lowest BCUT2D eigenvalue weighted by Gasteiger charge is -2.33. The summed E-state index contributed by atoms with van der Waals surface area (Å²) >= 11 is 0. The lowest BCUT2D eigenvalue weighted by Crippen LogP contribution is -2.28. The Morgan fingerprint density at radius 3 is 2.00 bits per heavy atom. The van der Waals surface area contributed by atoms with Crippen LogP contribution in [0.2, 0.25) is 0 Å². The zero-order chi connectivity index (χ0) is 10.9. The van der Waals surface area contributed by atoms with Crippen LogP contribution in [0, 0.1) is 13.8 Å². The van der Waals surface area contributed by atoms with E-state index >= 15 is 0 Å². The summed E-state index contributed by atoms with van der Waals surface area (Å²) in [5, 5.41) is 10.6. The molecule has 0 aliphatic heterocycles. The van der Waals surface area contributed by atoms with Crippen molar-refractivity contribution < 1.29 is 5.11 Å². The Balaban J connectivity index is 2.34. The second-order valence-electron chi connectivity index (χ2n) is 4.97. The second-order valence-corrected chi connectivity index (χ2v) is 4.97. The van der Waals surface area contributed by atoms with Crippen molar-refractivity contribution in [2.45, 2.75) is 51.6 Å². The van der Waals surface area contributed by atoms with Gasteiger partial charge >= 0.3 is 0 Å². The SMILES string of the molecule is Cc1cc(C)cc(C2(O)CCCCC2)c1. The van der Waals surface area contributed by atoms with Crippen molar-refractivity contribution in [3.8, 4) is 0 Å². The Labute approximate surface area is 92.1 Å². The molecule has 1 N–H and O–H groups in total. The van der Waals surface area contributed by atoms with Crippen molar-refractivity contribution in [1.82, 2.24) is 0 Å². The van der Waals surface area contributed by atoms with Crippen LogP contribution in [0.4, 0.5) is 0 Å². The zero-order valence-electron chi connectivity index (χ0n) is 9.71. The Morgan fingerprint density at radius 1 is 0.933 bits per heavy atom. The Bertz CT molecular complexity index is 328. The average molecular weight is 204 g/mol.